The second kappa shape index (κ2) is 7.38. The first kappa shape index (κ1) is 15.0. The lowest BCUT2D eigenvalue weighted by Gasteiger charge is -2.07. The molecule has 0 amide bonds. The summed E-state index contributed by atoms with van der Waals surface area (Å²) in [5.41, 5.74) is 6.61. The maximum Gasteiger partial charge on any atom is 0.153 e. The van der Waals surface area contributed by atoms with Crippen molar-refractivity contribution < 1.29 is 13.2 Å². The number of rotatable bonds is 8. The lowest BCUT2D eigenvalue weighted by molar-refractivity contribution is 0.340. The predicted octanol–water partition coefficient (Wildman–Crippen LogP) is 1.39. The molecule has 5 heteroatoms. The highest BCUT2D eigenvalue weighted by Crippen LogP contribution is 2.12. The average molecular weight is 271 g/mol. The summed E-state index contributed by atoms with van der Waals surface area (Å²) in [7, 11) is -2.96. The lowest BCUT2D eigenvalue weighted by Crippen LogP contribution is -2.16. The molecule has 1 aromatic rings. The summed E-state index contributed by atoms with van der Waals surface area (Å²) in [6, 6.07) is 7.58. The molecule has 0 bridgehead atoms. The van der Waals surface area contributed by atoms with Gasteiger partial charge < -0.3 is 10.5 Å². The third-order valence-corrected chi connectivity index (χ3v) is 4.35. The van der Waals surface area contributed by atoms with Gasteiger partial charge in [0.15, 0.2) is 9.84 Å². The molecule has 4 nitrogen and oxygen atoms in total. The highest BCUT2D eigenvalue weighted by molar-refractivity contribution is 7.91. The van der Waals surface area contributed by atoms with Crippen LogP contribution >= 0.6 is 0 Å². The SMILES string of the molecule is CCCS(=O)(=O)CCOc1ccc(CCN)cc1. The van der Waals surface area contributed by atoms with Crippen LogP contribution in [0.5, 0.6) is 5.75 Å². The summed E-state index contributed by atoms with van der Waals surface area (Å²) in [6.45, 7) is 2.68. The van der Waals surface area contributed by atoms with E-state index in [0.717, 1.165) is 12.0 Å². The van der Waals surface area contributed by atoms with Gasteiger partial charge in [0.2, 0.25) is 0 Å². The monoisotopic (exact) mass is 271 g/mol. The molecule has 18 heavy (non-hydrogen) atoms. The van der Waals surface area contributed by atoms with Crippen molar-refractivity contribution in [2.24, 2.45) is 5.73 Å². The first-order valence-electron chi connectivity index (χ1n) is 6.19. The molecule has 0 aliphatic rings. The van der Waals surface area contributed by atoms with Gasteiger partial charge in [-0.2, -0.15) is 0 Å². The van der Waals surface area contributed by atoms with Crippen molar-refractivity contribution in [3.05, 3.63) is 29.8 Å². The molecule has 0 atom stereocenters. The first-order chi connectivity index (χ1) is 8.57. The smallest absolute Gasteiger partial charge is 0.153 e. The maximum absolute atomic E-state index is 11.5. The maximum atomic E-state index is 11.5. The van der Waals surface area contributed by atoms with E-state index >= 15 is 0 Å². The van der Waals surface area contributed by atoms with Crippen molar-refractivity contribution in [3.8, 4) is 5.75 Å². The van der Waals surface area contributed by atoms with Crippen LogP contribution in [0.3, 0.4) is 0 Å². The Kier molecular flexibility index (Phi) is 6.15. The van der Waals surface area contributed by atoms with Gasteiger partial charge in [-0.15, -0.1) is 0 Å². The molecule has 0 aliphatic carbocycles. The van der Waals surface area contributed by atoms with E-state index in [-0.39, 0.29) is 18.1 Å². The van der Waals surface area contributed by atoms with Crippen LogP contribution in [0.25, 0.3) is 0 Å². The summed E-state index contributed by atoms with van der Waals surface area (Å²) in [4.78, 5) is 0. The fraction of sp³-hybridized carbons (Fsp3) is 0.538. The third-order valence-electron chi connectivity index (χ3n) is 2.53. The zero-order valence-corrected chi connectivity index (χ0v) is 11.6. The number of sulfone groups is 1. The molecule has 1 aromatic carbocycles. The minimum absolute atomic E-state index is 0.0748. The van der Waals surface area contributed by atoms with E-state index in [1.165, 1.54) is 0 Å². The minimum atomic E-state index is -2.96. The first-order valence-corrected chi connectivity index (χ1v) is 8.02. The number of nitrogens with two attached hydrogens (primary N) is 1. The lowest BCUT2D eigenvalue weighted by atomic mass is 10.1. The van der Waals surface area contributed by atoms with E-state index < -0.39 is 9.84 Å². The van der Waals surface area contributed by atoms with Gasteiger partial charge in [0.1, 0.15) is 12.4 Å². The molecule has 0 radical (unpaired) electrons. The quantitative estimate of drug-likeness (QED) is 0.775. The summed E-state index contributed by atoms with van der Waals surface area (Å²) >= 11 is 0. The topological polar surface area (TPSA) is 69.4 Å². The Hall–Kier alpha value is -1.07. The van der Waals surface area contributed by atoms with Gasteiger partial charge in [0, 0.05) is 0 Å². The molecule has 0 saturated carbocycles. The van der Waals surface area contributed by atoms with Crippen LogP contribution in [0.2, 0.25) is 0 Å². The van der Waals surface area contributed by atoms with Gasteiger partial charge in [-0.25, -0.2) is 8.42 Å². The van der Waals surface area contributed by atoms with Crippen molar-refractivity contribution in [2.75, 3.05) is 24.7 Å². The van der Waals surface area contributed by atoms with E-state index in [9.17, 15) is 8.42 Å². The molecular formula is C13H21NO3S. The molecule has 0 saturated heterocycles. The standard InChI is InChI=1S/C13H21NO3S/c1-2-10-18(15,16)11-9-17-13-5-3-12(4-6-13)7-8-14/h3-6H,2,7-11,14H2,1H3. The summed E-state index contributed by atoms with van der Waals surface area (Å²) in [5, 5.41) is 0. The second-order valence-electron chi connectivity index (χ2n) is 4.18. The molecule has 0 fully saturated rings. The van der Waals surface area contributed by atoms with Crippen molar-refractivity contribution in [3.63, 3.8) is 0 Å². The number of benzene rings is 1. The summed E-state index contributed by atoms with van der Waals surface area (Å²) < 4.78 is 28.3. The summed E-state index contributed by atoms with van der Waals surface area (Å²) in [6.07, 6.45) is 1.49. The van der Waals surface area contributed by atoms with Gasteiger partial charge in [-0.3, -0.25) is 0 Å². The largest absolute Gasteiger partial charge is 0.493 e. The van der Waals surface area contributed by atoms with Gasteiger partial charge >= 0.3 is 0 Å². The fourth-order valence-corrected chi connectivity index (χ4v) is 2.78. The zero-order valence-electron chi connectivity index (χ0n) is 10.8. The van der Waals surface area contributed by atoms with Crippen molar-refractivity contribution in [2.45, 2.75) is 19.8 Å². The van der Waals surface area contributed by atoms with Gasteiger partial charge in [0.25, 0.3) is 0 Å². The highest BCUT2D eigenvalue weighted by Gasteiger charge is 2.09. The number of hydrogen-bond donors (Lipinski definition) is 1. The zero-order chi connectivity index (χ0) is 13.4. The van der Waals surface area contributed by atoms with Crippen molar-refractivity contribution >= 4 is 9.84 Å². The third kappa shape index (κ3) is 5.51. The van der Waals surface area contributed by atoms with Crippen LogP contribution in [-0.2, 0) is 16.3 Å². The number of ether oxygens (including phenoxy) is 1. The van der Waals surface area contributed by atoms with Crippen LogP contribution in [0.15, 0.2) is 24.3 Å². The van der Waals surface area contributed by atoms with E-state index in [2.05, 4.69) is 0 Å². The molecule has 0 heterocycles. The van der Waals surface area contributed by atoms with Crippen LogP contribution < -0.4 is 10.5 Å². The molecule has 0 unspecified atom stereocenters. The van der Waals surface area contributed by atoms with E-state index in [1.807, 2.05) is 31.2 Å². The van der Waals surface area contributed by atoms with Gasteiger partial charge in [-0.05, 0) is 37.1 Å². The second-order valence-corrected chi connectivity index (χ2v) is 6.49. The minimum Gasteiger partial charge on any atom is -0.493 e. The van der Waals surface area contributed by atoms with Crippen LogP contribution in [0, 0.1) is 0 Å². The normalized spacial score (nSPS) is 11.4. The Labute approximate surface area is 109 Å². The van der Waals surface area contributed by atoms with Crippen LogP contribution in [-0.4, -0.2) is 33.1 Å². The van der Waals surface area contributed by atoms with E-state index in [1.54, 1.807) is 0 Å². The Morgan fingerprint density at radius 2 is 1.83 bits per heavy atom. The Balaban J connectivity index is 2.40. The molecule has 1 rings (SSSR count). The Morgan fingerprint density at radius 1 is 1.17 bits per heavy atom. The van der Waals surface area contributed by atoms with E-state index in [0.29, 0.717) is 18.7 Å². The molecule has 0 aromatic heterocycles. The van der Waals surface area contributed by atoms with Crippen molar-refractivity contribution in [1.29, 1.82) is 0 Å². The fourth-order valence-electron chi connectivity index (χ4n) is 1.62. The summed E-state index contributed by atoms with van der Waals surface area (Å²) in [5.74, 6) is 0.999. The Morgan fingerprint density at radius 3 is 2.39 bits per heavy atom. The van der Waals surface area contributed by atoms with Crippen LogP contribution in [0.1, 0.15) is 18.9 Å². The number of hydrogen-bond acceptors (Lipinski definition) is 4. The van der Waals surface area contributed by atoms with Crippen LogP contribution in [0.4, 0.5) is 0 Å². The Bertz CT molecular complexity index is 440. The molecular weight excluding hydrogens is 250 g/mol. The van der Waals surface area contributed by atoms with Crippen molar-refractivity contribution in [1.82, 2.24) is 0 Å². The van der Waals surface area contributed by atoms with Gasteiger partial charge in [-0.1, -0.05) is 19.1 Å². The molecule has 102 valence electrons. The molecule has 0 spiro atoms. The highest BCUT2D eigenvalue weighted by atomic mass is 32.2. The average Bonchev–Trinajstić information content (AvgIpc) is 2.31. The predicted molar refractivity (Wildman–Crippen MR) is 73.6 cm³/mol. The van der Waals surface area contributed by atoms with Gasteiger partial charge in [0.05, 0.1) is 11.5 Å². The molecule has 0 aliphatic heterocycles. The molecule has 2 N–H and O–H groups in total. The van der Waals surface area contributed by atoms with E-state index in [4.69, 9.17) is 10.5 Å².